The fourth-order valence-corrected chi connectivity index (χ4v) is 2.96. The molecule has 1 heterocycles. The molecule has 1 fully saturated rings. The van der Waals surface area contributed by atoms with Crippen molar-refractivity contribution in [1.29, 1.82) is 0 Å². The van der Waals surface area contributed by atoms with Gasteiger partial charge in [-0.05, 0) is 30.5 Å². The minimum absolute atomic E-state index is 0.378. The normalized spacial score (nSPS) is 20.5. The minimum atomic E-state index is -0.378. The van der Waals surface area contributed by atoms with Crippen LogP contribution in [0.25, 0.3) is 0 Å². The van der Waals surface area contributed by atoms with Gasteiger partial charge < -0.3 is 4.74 Å². The maximum atomic E-state index is 10.7. The predicted octanol–water partition coefficient (Wildman–Crippen LogP) is 2.57. The van der Waals surface area contributed by atoms with E-state index >= 15 is 0 Å². The van der Waals surface area contributed by atoms with E-state index < -0.39 is 0 Å². The Morgan fingerprint density at radius 3 is 2.84 bits per heavy atom. The third-order valence-electron chi connectivity index (χ3n) is 3.92. The number of carbonyl (C=O) groups excluding carboxylic acids is 1. The van der Waals surface area contributed by atoms with Crippen LogP contribution in [0.15, 0.2) is 34.3 Å². The Bertz CT molecular complexity index is 553. The molecule has 0 radical (unpaired) electrons. The SMILES string of the molecule is O=C=NC1(c2cccc(C3=NCCO3)c2)CCCC1. The molecule has 1 saturated carbocycles. The van der Waals surface area contributed by atoms with Crippen molar-refractivity contribution in [3.8, 4) is 0 Å². The van der Waals surface area contributed by atoms with Gasteiger partial charge >= 0.3 is 0 Å². The highest BCUT2D eigenvalue weighted by molar-refractivity contribution is 5.95. The molecule has 0 atom stereocenters. The van der Waals surface area contributed by atoms with Crippen LogP contribution in [0.2, 0.25) is 0 Å². The lowest BCUT2D eigenvalue weighted by atomic mass is 9.88. The molecule has 0 saturated heterocycles. The van der Waals surface area contributed by atoms with Gasteiger partial charge in [0.25, 0.3) is 0 Å². The van der Waals surface area contributed by atoms with Crippen LogP contribution in [-0.2, 0) is 15.1 Å². The second kappa shape index (κ2) is 4.98. The van der Waals surface area contributed by atoms with Gasteiger partial charge in [0, 0.05) is 5.56 Å². The van der Waals surface area contributed by atoms with Crippen LogP contribution in [0.5, 0.6) is 0 Å². The van der Waals surface area contributed by atoms with E-state index in [0.29, 0.717) is 12.5 Å². The summed E-state index contributed by atoms with van der Waals surface area (Å²) in [6.07, 6.45) is 5.79. The van der Waals surface area contributed by atoms with Crippen molar-refractivity contribution in [1.82, 2.24) is 0 Å². The number of isocyanates is 1. The van der Waals surface area contributed by atoms with Crippen LogP contribution in [0.1, 0.15) is 36.8 Å². The summed E-state index contributed by atoms with van der Waals surface area (Å²) in [4.78, 5) is 19.2. The highest BCUT2D eigenvalue weighted by atomic mass is 16.5. The average Bonchev–Trinajstić information content (AvgIpc) is 3.11. The summed E-state index contributed by atoms with van der Waals surface area (Å²) in [5.41, 5.74) is 1.67. The molecular formula is C15H16N2O2. The lowest BCUT2D eigenvalue weighted by Gasteiger charge is -2.23. The fraction of sp³-hybridized carbons (Fsp3) is 0.467. The van der Waals surface area contributed by atoms with Crippen LogP contribution in [0, 0.1) is 0 Å². The third kappa shape index (κ3) is 2.20. The number of benzene rings is 1. The Kier molecular flexibility index (Phi) is 3.18. The largest absolute Gasteiger partial charge is 0.476 e. The number of hydrogen-bond donors (Lipinski definition) is 0. The van der Waals surface area contributed by atoms with E-state index in [-0.39, 0.29) is 5.54 Å². The van der Waals surface area contributed by atoms with Crippen LogP contribution in [-0.4, -0.2) is 25.1 Å². The Hall–Kier alpha value is -1.93. The van der Waals surface area contributed by atoms with Gasteiger partial charge in [-0.1, -0.05) is 25.0 Å². The van der Waals surface area contributed by atoms with Crippen LogP contribution in [0.4, 0.5) is 0 Å². The zero-order valence-corrected chi connectivity index (χ0v) is 10.8. The molecular weight excluding hydrogens is 240 g/mol. The fourth-order valence-electron chi connectivity index (χ4n) is 2.96. The van der Waals surface area contributed by atoms with E-state index in [9.17, 15) is 4.79 Å². The van der Waals surface area contributed by atoms with Crippen molar-refractivity contribution < 1.29 is 9.53 Å². The van der Waals surface area contributed by atoms with Crippen molar-refractivity contribution in [3.05, 3.63) is 35.4 Å². The molecule has 0 bridgehead atoms. The summed E-state index contributed by atoms with van der Waals surface area (Å²) < 4.78 is 5.49. The molecule has 4 nitrogen and oxygen atoms in total. The molecule has 4 heteroatoms. The molecule has 1 aliphatic heterocycles. The van der Waals surface area contributed by atoms with Crippen LogP contribution in [0.3, 0.4) is 0 Å². The number of aliphatic imine (C=N–C) groups is 2. The molecule has 19 heavy (non-hydrogen) atoms. The van der Waals surface area contributed by atoms with Gasteiger partial charge in [-0.2, -0.15) is 4.99 Å². The number of nitrogens with zero attached hydrogens (tertiary/aromatic N) is 2. The van der Waals surface area contributed by atoms with E-state index in [4.69, 9.17) is 4.74 Å². The van der Waals surface area contributed by atoms with Crippen molar-refractivity contribution in [2.45, 2.75) is 31.2 Å². The molecule has 2 aliphatic rings. The second-order valence-electron chi connectivity index (χ2n) is 5.06. The number of hydrogen-bond acceptors (Lipinski definition) is 4. The zero-order chi connectivity index (χ0) is 13.1. The maximum Gasteiger partial charge on any atom is 0.235 e. The van der Waals surface area contributed by atoms with Crippen molar-refractivity contribution in [2.24, 2.45) is 9.98 Å². The summed E-state index contributed by atoms with van der Waals surface area (Å²) in [5.74, 6) is 0.699. The first kappa shape index (κ1) is 12.1. The zero-order valence-electron chi connectivity index (χ0n) is 10.8. The molecule has 1 aliphatic carbocycles. The molecule has 1 aromatic rings. The molecule has 98 valence electrons. The monoisotopic (exact) mass is 256 g/mol. The minimum Gasteiger partial charge on any atom is -0.476 e. The van der Waals surface area contributed by atoms with Crippen molar-refractivity contribution in [2.75, 3.05) is 13.2 Å². The lowest BCUT2D eigenvalue weighted by Crippen LogP contribution is -2.19. The third-order valence-corrected chi connectivity index (χ3v) is 3.92. The van der Waals surface area contributed by atoms with Gasteiger partial charge in [-0.25, -0.2) is 9.79 Å². The van der Waals surface area contributed by atoms with Gasteiger partial charge in [0.1, 0.15) is 6.61 Å². The van der Waals surface area contributed by atoms with Gasteiger partial charge in [0.15, 0.2) is 0 Å². The van der Waals surface area contributed by atoms with Gasteiger partial charge in [0.05, 0.1) is 12.1 Å². The summed E-state index contributed by atoms with van der Waals surface area (Å²) in [7, 11) is 0. The molecule has 0 spiro atoms. The highest BCUT2D eigenvalue weighted by Gasteiger charge is 2.35. The van der Waals surface area contributed by atoms with Gasteiger partial charge in [0.2, 0.25) is 12.0 Å². The van der Waals surface area contributed by atoms with E-state index in [0.717, 1.165) is 43.4 Å². The molecule has 0 amide bonds. The molecule has 0 unspecified atom stereocenters. The number of rotatable bonds is 3. The van der Waals surface area contributed by atoms with Crippen molar-refractivity contribution >= 4 is 12.0 Å². The average molecular weight is 256 g/mol. The standard InChI is InChI=1S/C15H16N2O2/c18-11-17-15(6-1-2-7-15)13-5-3-4-12(10-13)14-16-8-9-19-14/h3-5,10H,1-2,6-9H2. The van der Waals surface area contributed by atoms with E-state index in [1.807, 2.05) is 18.2 Å². The van der Waals surface area contributed by atoms with Crippen molar-refractivity contribution in [3.63, 3.8) is 0 Å². The van der Waals surface area contributed by atoms with Crippen LogP contribution >= 0.6 is 0 Å². The van der Waals surface area contributed by atoms with Gasteiger partial charge in [-0.15, -0.1) is 0 Å². The molecule has 0 N–H and O–H groups in total. The van der Waals surface area contributed by atoms with Crippen LogP contribution < -0.4 is 0 Å². The summed E-state index contributed by atoms with van der Waals surface area (Å²) >= 11 is 0. The number of ether oxygens (including phenoxy) is 1. The smallest absolute Gasteiger partial charge is 0.235 e. The molecule has 1 aromatic carbocycles. The summed E-state index contributed by atoms with van der Waals surface area (Å²) in [6, 6.07) is 8.05. The maximum absolute atomic E-state index is 10.7. The molecule has 0 aromatic heterocycles. The topological polar surface area (TPSA) is 51.0 Å². The van der Waals surface area contributed by atoms with E-state index in [2.05, 4.69) is 16.1 Å². The Balaban J connectivity index is 2.00. The van der Waals surface area contributed by atoms with Gasteiger partial charge in [-0.3, -0.25) is 0 Å². The second-order valence-corrected chi connectivity index (χ2v) is 5.06. The lowest BCUT2D eigenvalue weighted by molar-refractivity contribution is 0.348. The Morgan fingerprint density at radius 2 is 2.16 bits per heavy atom. The highest BCUT2D eigenvalue weighted by Crippen LogP contribution is 2.42. The molecule has 3 rings (SSSR count). The summed E-state index contributed by atoms with van der Waals surface area (Å²) in [5, 5.41) is 0. The Labute approximate surface area is 112 Å². The quantitative estimate of drug-likeness (QED) is 0.616. The van der Waals surface area contributed by atoms with E-state index in [1.165, 1.54) is 0 Å². The predicted molar refractivity (Wildman–Crippen MR) is 72.1 cm³/mol. The first-order valence-electron chi connectivity index (χ1n) is 6.71. The first-order valence-corrected chi connectivity index (χ1v) is 6.71. The Morgan fingerprint density at radius 1 is 1.32 bits per heavy atom. The summed E-state index contributed by atoms with van der Waals surface area (Å²) in [6.45, 7) is 1.37. The first-order chi connectivity index (χ1) is 9.34. The van der Waals surface area contributed by atoms with E-state index in [1.54, 1.807) is 6.08 Å².